The number of carbonyl (C=O) groups excluding carboxylic acids is 1. The van der Waals surface area contributed by atoms with Crippen LogP contribution in [0.4, 0.5) is 0 Å². The van der Waals surface area contributed by atoms with E-state index in [2.05, 4.69) is 66.1 Å². The van der Waals surface area contributed by atoms with Crippen LogP contribution in [0.2, 0.25) is 0 Å². The molecule has 3 rings (SSSR count). The molecule has 1 atom stereocenters. The highest BCUT2D eigenvalue weighted by Crippen LogP contribution is 2.20. The zero-order valence-corrected chi connectivity index (χ0v) is 19.5. The first-order valence-electron chi connectivity index (χ1n) is 11.8. The van der Waals surface area contributed by atoms with Gasteiger partial charge in [0.05, 0.1) is 7.11 Å². The van der Waals surface area contributed by atoms with E-state index in [-0.39, 0.29) is 0 Å². The minimum Gasteiger partial charge on any atom is -0.497 e. The van der Waals surface area contributed by atoms with Crippen molar-refractivity contribution < 1.29 is 9.53 Å². The molecule has 1 aliphatic heterocycles. The maximum atomic E-state index is 12.9. The summed E-state index contributed by atoms with van der Waals surface area (Å²) in [5.41, 5.74) is 3.88. The van der Waals surface area contributed by atoms with Crippen LogP contribution < -0.4 is 4.74 Å². The summed E-state index contributed by atoms with van der Waals surface area (Å²) in [5.74, 6) is 1.79. The van der Waals surface area contributed by atoms with Gasteiger partial charge in [-0.05, 0) is 80.8 Å². The van der Waals surface area contributed by atoms with Crippen molar-refractivity contribution in [3.8, 4) is 5.75 Å². The Labute approximate surface area is 188 Å². The van der Waals surface area contributed by atoms with Gasteiger partial charge in [0.15, 0.2) is 0 Å². The lowest BCUT2D eigenvalue weighted by Crippen LogP contribution is -2.43. The van der Waals surface area contributed by atoms with E-state index < -0.39 is 0 Å². The number of amides is 1. The Bertz CT molecular complexity index is 835. The van der Waals surface area contributed by atoms with E-state index in [0.29, 0.717) is 18.2 Å². The first-order valence-corrected chi connectivity index (χ1v) is 11.8. The van der Waals surface area contributed by atoms with Crippen molar-refractivity contribution in [2.24, 2.45) is 5.92 Å². The number of hydrogen-bond donors (Lipinski definition) is 0. The molecule has 2 aromatic rings. The highest BCUT2D eigenvalue weighted by Gasteiger charge is 2.23. The predicted molar refractivity (Wildman–Crippen MR) is 128 cm³/mol. The van der Waals surface area contributed by atoms with Crippen LogP contribution in [0.25, 0.3) is 0 Å². The average molecular weight is 423 g/mol. The quantitative estimate of drug-likeness (QED) is 0.554. The van der Waals surface area contributed by atoms with E-state index >= 15 is 0 Å². The van der Waals surface area contributed by atoms with Gasteiger partial charge in [0.2, 0.25) is 5.91 Å². The van der Waals surface area contributed by atoms with Gasteiger partial charge in [-0.25, -0.2) is 0 Å². The van der Waals surface area contributed by atoms with Crippen molar-refractivity contribution in [3.05, 3.63) is 65.2 Å². The number of aryl methyl sites for hydroxylation is 2. The van der Waals surface area contributed by atoms with Crippen LogP contribution in [0.3, 0.4) is 0 Å². The molecule has 0 bridgehead atoms. The number of hydrogen-bond acceptors (Lipinski definition) is 3. The first kappa shape index (κ1) is 23.3. The fraction of sp³-hybridized carbons (Fsp3) is 0.519. The Hall–Kier alpha value is -2.33. The number of piperidine rings is 1. The van der Waals surface area contributed by atoms with Gasteiger partial charge in [-0.1, -0.05) is 36.4 Å². The van der Waals surface area contributed by atoms with Gasteiger partial charge in [-0.2, -0.15) is 0 Å². The van der Waals surface area contributed by atoms with E-state index in [1.165, 1.54) is 29.5 Å². The molecule has 1 unspecified atom stereocenters. The Balaban J connectivity index is 1.47. The van der Waals surface area contributed by atoms with Crippen molar-refractivity contribution in [3.63, 3.8) is 0 Å². The molecular formula is C27H38N2O2. The molecule has 2 aromatic carbocycles. The number of benzene rings is 2. The lowest BCUT2D eigenvalue weighted by atomic mass is 9.96. The van der Waals surface area contributed by atoms with Crippen LogP contribution in [-0.4, -0.2) is 55.5 Å². The van der Waals surface area contributed by atoms with E-state index in [4.69, 9.17) is 4.74 Å². The minimum atomic E-state index is 0.291. The smallest absolute Gasteiger partial charge is 0.222 e. The summed E-state index contributed by atoms with van der Waals surface area (Å²) in [7, 11) is 1.72. The standard InChI is InChI=1S/C27H38N2O2/c1-4-29(27(30)15-14-25-12-6-5-9-22(25)2)21-24-11-8-17-28(20-24)18-16-23-10-7-13-26(19-23)31-3/h5-7,9-10,12-13,19,24H,4,8,11,14-18,20-21H2,1-3H3. The number of carbonyl (C=O) groups is 1. The molecule has 168 valence electrons. The fourth-order valence-corrected chi connectivity index (χ4v) is 4.63. The molecule has 1 fully saturated rings. The zero-order chi connectivity index (χ0) is 22.1. The van der Waals surface area contributed by atoms with Crippen LogP contribution >= 0.6 is 0 Å². The lowest BCUT2D eigenvalue weighted by molar-refractivity contribution is -0.131. The lowest BCUT2D eigenvalue weighted by Gasteiger charge is -2.35. The molecule has 4 nitrogen and oxygen atoms in total. The Morgan fingerprint density at radius 1 is 1.16 bits per heavy atom. The van der Waals surface area contributed by atoms with Gasteiger partial charge in [0.25, 0.3) is 0 Å². The monoisotopic (exact) mass is 422 g/mol. The summed E-state index contributed by atoms with van der Waals surface area (Å²) in [6.07, 6.45) is 4.91. The third kappa shape index (κ3) is 7.10. The second-order valence-corrected chi connectivity index (χ2v) is 8.77. The van der Waals surface area contributed by atoms with Crippen molar-refractivity contribution in [2.75, 3.05) is 39.8 Å². The zero-order valence-electron chi connectivity index (χ0n) is 19.5. The van der Waals surface area contributed by atoms with Crippen LogP contribution in [0.1, 0.15) is 42.9 Å². The topological polar surface area (TPSA) is 32.8 Å². The maximum Gasteiger partial charge on any atom is 0.222 e. The van der Waals surface area contributed by atoms with Gasteiger partial charge in [-0.15, -0.1) is 0 Å². The SMILES string of the molecule is CCN(CC1CCCN(CCc2cccc(OC)c2)C1)C(=O)CCc1ccccc1C. The van der Waals surface area contributed by atoms with Crippen LogP contribution in [0.5, 0.6) is 5.75 Å². The minimum absolute atomic E-state index is 0.291. The molecule has 31 heavy (non-hydrogen) atoms. The third-order valence-electron chi connectivity index (χ3n) is 6.54. The van der Waals surface area contributed by atoms with Crippen molar-refractivity contribution in [1.82, 2.24) is 9.80 Å². The largest absolute Gasteiger partial charge is 0.497 e. The van der Waals surface area contributed by atoms with Crippen molar-refractivity contribution in [1.29, 1.82) is 0 Å². The van der Waals surface area contributed by atoms with Gasteiger partial charge < -0.3 is 14.5 Å². The molecule has 0 N–H and O–H groups in total. The number of ether oxygens (including phenoxy) is 1. The van der Waals surface area contributed by atoms with Crippen LogP contribution in [0, 0.1) is 12.8 Å². The van der Waals surface area contributed by atoms with Gasteiger partial charge in [0, 0.05) is 32.6 Å². The summed E-state index contributed by atoms with van der Waals surface area (Å²) in [5, 5.41) is 0. The summed E-state index contributed by atoms with van der Waals surface area (Å²) in [6.45, 7) is 9.23. The van der Waals surface area contributed by atoms with Gasteiger partial charge >= 0.3 is 0 Å². The summed E-state index contributed by atoms with van der Waals surface area (Å²) < 4.78 is 5.35. The Morgan fingerprint density at radius 3 is 2.77 bits per heavy atom. The third-order valence-corrected chi connectivity index (χ3v) is 6.54. The van der Waals surface area contributed by atoms with Crippen molar-refractivity contribution >= 4 is 5.91 Å². The fourth-order valence-electron chi connectivity index (χ4n) is 4.63. The van der Waals surface area contributed by atoms with Crippen molar-refractivity contribution in [2.45, 2.75) is 46.0 Å². The first-order chi connectivity index (χ1) is 15.1. The van der Waals surface area contributed by atoms with Gasteiger partial charge in [-0.3, -0.25) is 4.79 Å². The molecule has 4 heteroatoms. The number of methoxy groups -OCH3 is 1. The Kier molecular flexibility index (Phi) is 8.96. The molecule has 1 amide bonds. The molecule has 1 saturated heterocycles. The van der Waals surface area contributed by atoms with E-state index in [9.17, 15) is 4.79 Å². The molecule has 0 spiro atoms. The molecule has 0 radical (unpaired) electrons. The highest BCUT2D eigenvalue weighted by molar-refractivity contribution is 5.76. The molecule has 0 saturated carbocycles. The van der Waals surface area contributed by atoms with E-state index in [0.717, 1.165) is 51.3 Å². The van der Waals surface area contributed by atoms with Crippen LogP contribution in [-0.2, 0) is 17.6 Å². The second kappa shape index (κ2) is 11.9. The molecule has 1 aliphatic rings. The summed E-state index contributed by atoms with van der Waals surface area (Å²) in [4.78, 5) is 17.5. The van der Waals surface area contributed by atoms with E-state index in [1.54, 1.807) is 7.11 Å². The number of nitrogens with zero attached hydrogens (tertiary/aromatic N) is 2. The maximum absolute atomic E-state index is 12.9. The highest BCUT2D eigenvalue weighted by atomic mass is 16.5. The van der Waals surface area contributed by atoms with E-state index in [1.807, 2.05) is 6.07 Å². The van der Waals surface area contributed by atoms with Gasteiger partial charge in [0.1, 0.15) is 5.75 Å². The second-order valence-electron chi connectivity index (χ2n) is 8.77. The summed E-state index contributed by atoms with van der Waals surface area (Å²) in [6, 6.07) is 16.8. The average Bonchev–Trinajstić information content (AvgIpc) is 2.81. The number of rotatable bonds is 10. The molecular weight excluding hydrogens is 384 g/mol. The normalized spacial score (nSPS) is 16.8. The Morgan fingerprint density at radius 2 is 2.00 bits per heavy atom. The molecule has 0 aromatic heterocycles. The molecule has 0 aliphatic carbocycles. The number of likely N-dealkylation sites (tertiary alicyclic amines) is 1. The predicted octanol–water partition coefficient (Wildman–Crippen LogP) is 4.74. The molecule has 1 heterocycles. The summed E-state index contributed by atoms with van der Waals surface area (Å²) >= 11 is 0. The van der Waals surface area contributed by atoms with Crippen LogP contribution in [0.15, 0.2) is 48.5 Å².